The van der Waals surface area contributed by atoms with E-state index in [0.29, 0.717) is 11.4 Å². The number of piperazine rings is 1. The first kappa shape index (κ1) is 22.6. The molecular formula is C28H27N5O2. The van der Waals surface area contributed by atoms with E-state index in [-0.39, 0.29) is 17.2 Å². The Bertz CT molecular complexity index is 1330. The van der Waals surface area contributed by atoms with Gasteiger partial charge in [-0.15, -0.1) is 0 Å². The fraction of sp³-hybridized carbons (Fsp3) is 0.179. The number of carbonyl (C=O) groups excluding carboxylic acids is 1. The molecule has 176 valence electrons. The van der Waals surface area contributed by atoms with Gasteiger partial charge in [0.1, 0.15) is 5.69 Å². The maximum absolute atomic E-state index is 12.8. The van der Waals surface area contributed by atoms with Gasteiger partial charge in [-0.05, 0) is 48.0 Å². The van der Waals surface area contributed by atoms with Crippen molar-refractivity contribution in [1.29, 1.82) is 0 Å². The van der Waals surface area contributed by atoms with Crippen molar-refractivity contribution in [3.05, 3.63) is 119 Å². The fourth-order valence-electron chi connectivity index (χ4n) is 4.24. The van der Waals surface area contributed by atoms with E-state index in [2.05, 4.69) is 44.5 Å². The molecule has 4 aromatic rings. The molecule has 35 heavy (non-hydrogen) atoms. The summed E-state index contributed by atoms with van der Waals surface area (Å²) >= 11 is 0. The summed E-state index contributed by atoms with van der Waals surface area (Å²) in [5.74, 6) is -0.364. The van der Waals surface area contributed by atoms with Crippen LogP contribution in [-0.4, -0.2) is 46.8 Å². The van der Waals surface area contributed by atoms with Crippen LogP contribution in [0.1, 0.15) is 16.1 Å². The minimum absolute atomic E-state index is 0.173. The van der Waals surface area contributed by atoms with Gasteiger partial charge in [0.2, 0.25) is 0 Å². The number of aromatic nitrogens is 2. The molecule has 1 aromatic heterocycles. The van der Waals surface area contributed by atoms with Gasteiger partial charge in [0.15, 0.2) is 0 Å². The van der Waals surface area contributed by atoms with E-state index >= 15 is 0 Å². The molecule has 0 bridgehead atoms. The molecule has 1 amide bonds. The predicted molar refractivity (Wildman–Crippen MR) is 138 cm³/mol. The Morgan fingerprint density at radius 2 is 1.40 bits per heavy atom. The van der Waals surface area contributed by atoms with Gasteiger partial charge in [-0.1, -0.05) is 48.5 Å². The van der Waals surface area contributed by atoms with Crippen LogP contribution in [0, 0.1) is 0 Å². The SMILES string of the molecule is O=C(Nc1ccc(N2CCN(Cc3ccccc3)CC2)cc1)c1ccc(=O)n(-c2ccccc2)n1. The summed E-state index contributed by atoms with van der Waals surface area (Å²) in [4.78, 5) is 29.8. The van der Waals surface area contributed by atoms with Crippen LogP contribution in [0.5, 0.6) is 0 Å². The van der Waals surface area contributed by atoms with Crippen LogP contribution < -0.4 is 15.8 Å². The van der Waals surface area contributed by atoms with Gasteiger partial charge >= 0.3 is 0 Å². The van der Waals surface area contributed by atoms with Crippen molar-refractivity contribution in [2.45, 2.75) is 6.54 Å². The molecule has 5 rings (SSSR count). The van der Waals surface area contributed by atoms with Gasteiger partial charge in [0, 0.05) is 50.2 Å². The van der Waals surface area contributed by atoms with Crippen molar-refractivity contribution in [3.8, 4) is 5.69 Å². The average Bonchev–Trinajstić information content (AvgIpc) is 2.91. The van der Waals surface area contributed by atoms with Crippen LogP contribution in [0.3, 0.4) is 0 Å². The third-order valence-electron chi connectivity index (χ3n) is 6.15. The summed E-state index contributed by atoms with van der Waals surface area (Å²) in [5.41, 5.74) is 3.65. The summed E-state index contributed by atoms with van der Waals surface area (Å²) in [7, 11) is 0. The number of nitrogens with zero attached hydrogens (tertiary/aromatic N) is 4. The Balaban J connectivity index is 1.19. The molecule has 0 saturated carbocycles. The van der Waals surface area contributed by atoms with Crippen LogP contribution in [0.25, 0.3) is 5.69 Å². The largest absolute Gasteiger partial charge is 0.369 e. The molecule has 1 aliphatic rings. The first-order chi connectivity index (χ1) is 17.2. The zero-order chi connectivity index (χ0) is 24.0. The summed E-state index contributed by atoms with van der Waals surface area (Å²) in [6.07, 6.45) is 0. The van der Waals surface area contributed by atoms with Gasteiger partial charge < -0.3 is 10.2 Å². The average molecular weight is 466 g/mol. The van der Waals surface area contributed by atoms with E-state index in [4.69, 9.17) is 0 Å². The highest BCUT2D eigenvalue weighted by Gasteiger charge is 2.17. The lowest BCUT2D eigenvalue weighted by atomic mass is 10.2. The summed E-state index contributed by atoms with van der Waals surface area (Å²) in [6.45, 7) is 4.92. The molecule has 1 saturated heterocycles. The quantitative estimate of drug-likeness (QED) is 0.469. The normalized spacial score (nSPS) is 14.0. The first-order valence-corrected chi connectivity index (χ1v) is 11.7. The Morgan fingerprint density at radius 3 is 2.09 bits per heavy atom. The lowest BCUT2D eigenvalue weighted by molar-refractivity contribution is 0.102. The van der Waals surface area contributed by atoms with Crippen LogP contribution in [0.15, 0.2) is 102 Å². The Morgan fingerprint density at radius 1 is 0.743 bits per heavy atom. The molecular weight excluding hydrogens is 438 g/mol. The van der Waals surface area contributed by atoms with E-state index in [0.717, 1.165) is 38.4 Å². The highest BCUT2D eigenvalue weighted by atomic mass is 16.2. The maximum atomic E-state index is 12.8. The molecule has 7 nitrogen and oxygen atoms in total. The molecule has 0 aliphatic carbocycles. The first-order valence-electron chi connectivity index (χ1n) is 11.7. The zero-order valence-electron chi connectivity index (χ0n) is 19.4. The number of nitrogens with one attached hydrogen (secondary N) is 1. The third kappa shape index (κ3) is 5.47. The molecule has 1 N–H and O–H groups in total. The second kappa shape index (κ2) is 10.4. The third-order valence-corrected chi connectivity index (χ3v) is 6.15. The molecule has 0 radical (unpaired) electrons. The smallest absolute Gasteiger partial charge is 0.276 e. The molecule has 3 aromatic carbocycles. The highest BCUT2D eigenvalue weighted by Crippen LogP contribution is 2.20. The van der Waals surface area contributed by atoms with Gasteiger partial charge in [0.05, 0.1) is 5.69 Å². The van der Waals surface area contributed by atoms with Crippen molar-refractivity contribution in [3.63, 3.8) is 0 Å². The molecule has 1 aliphatic heterocycles. The van der Waals surface area contributed by atoms with Gasteiger partial charge in [0.25, 0.3) is 11.5 Å². The van der Waals surface area contributed by atoms with Gasteiger partial charge in [-0.2, -0.15) is 9.78 Å². The molecule has 0 unspecified atom stereocenters. The van der Waals surface area contributed by atoms with Crippen molar-refractivity contribution >= 4 is 17.3 Å². The summed E-state index contributed by atoms with van der Waals surface area (Å²) in [6, 6.07) is 30.3. The van der Waals surface area contributed by atoms with Crippen molar-refractivity contribution < 1.29 is 4.79 Å². The van der Waals surface area contributed by atoms with Crippen molar-refractivity contribution in [2.75, 3.05) is 36.4 Å². The number of para-hydroxylation sites is 1. The Hall–Kier alpha value is -4.23. The number of rotatable bonds is 6. The number of hydrogen-bond donors (Lipinski definition) is 1. The number of hydrogen-bond acceptors (Lipinski definition) is 5. The lowest BCUT2D eigenvalue weighted by Crippen LogP contribution is -2.45. The minimum Gasteiger partial charge on any atom is -0.369 e. The Kier molecular flexibility index (Phi) is 6.68. The second-order valence-corrected chi connectivity index (χ2v) is 8.55. The molecule has 0 atom stereocenters. The van der Waals surface area contributed by atoms with Crippen LogP contribution in [0.4, 0.5) is 11.4 Å². The monoisotopic (exact) mass is 465 g/mol. The zero-order valence-corrected chi connectivity index (χ0v) is 19.4. The van der Waals surface area contributed by atoms with Gasteiger partial charge in [-0.25, -0.2) is 0 Å². The molecule has 7 heteroatoms. The number of amides is 1. The van der Waals surface area contributed by atoms with Gasteiger partial charge in [-0.3, -0.25) is 14.5 Å². The predicted octanol–water partition coefficient (Wildman–Crippen LogP) is 3.81. The second-order valence-electron chi connectivity index (χ2n) is 8.55. The Labute approximate surface area is 204 Å². The number of benzene rings is 3. The topological polar surface area (TPSA) is 70.5 Å². The summed E-state index contributed by atoms with van der Waals surface area (Å²) < 4.78 is 1.23. The van der Waals surface area contributed by atoms with Crippen molar-refractivity contribution in [2.24, 2.45) is 0 Å². The van der Waals surface area contributed by atoms with Crippen LogP contribution in [-0.2, 0) is 6.54 Å². The van der Waals surface area contributed by atoms with Crippen molar-refractivity contribution in [1.82, 2.24) is 14.7 Å². The highest BCUT2D eigenvalue weighted by molar-refractivity contribution is 6.02. The van der Waals surface area contributed by atoms with E-state index in [9.17, 15) is 9.59 Å². The molecule has 1 fully saturated rings. The van der Waals surface area contributed by atoms with Crippen LogP contribution >= 0.6 is 0 Å². The minimum atomic E-state index is -0.364. The van der Waals surface area contributed by atoms with E-state index < -0.39 is 0 Å². The van der Waals surface area contributed by atoms with Crippen LogP contribution in [0.2, 0.25) is 0 Å². The number of anilines is 2. The molecule has 0 spiro atoms. The number of carbonyl (C=O) groups is 1. The molecule has 2 heterocycles. The standard InChI is InChI=1S/C28H27N5O2/c34-27-16-15-26(30-33(27)25-9-5-2-6-10-25)28(35)29-23-11-13-24(14-12-23)32-19-17-31(18-20-32)21-22-7-3-1-4-8-22/h1-16H,17-21H2,(H,29,35). The summed E-state index contributed by atoms with van der Waals surface area (Å²) in [5, 5.41) is 7.12. The fourth-order valence-corrected chi connectivity index (χ4v) is 4.24. The van der Waals surface area contributed by atoms with E-state index in [1.54, 1.807) is 12.1 Å². The van der Waals surface area contributed by atoms with E-state index in [1.807, 2.05) is 48.5 Å². The van der Waals surface area contributed by atoms with E-state index in [1.165, 1.54) is 22.4 Å². The lowest BCUT2D eigenvalue weighted by Gasteiger charge is -2.36. The maximum Gasteiger partial charge on any atom is 0.276 e.